The lowest BCUT2D eigenvalue weighted by molar-refractivity contribution is 0.356. The third-order valence-electron chi connectivity index (χ3n) is 3.04. The van der Waals surface area contributed by atoms with Crippen LogP contribution in [0.4, 0.5) is 5.69 Å². The van der Waals surface area contributed by atoms with Crippen molar-refractivity contribution < 1.29 is 0 Å². The number of nitrogens with zero attached hydrogens (tertiary/aromatic N) is 1. The van der Waals surface area contributed by atoms with Crippen molar-refractivity contribution in [1.82, 2.24) is 10.2 Å². The summed E-state index contributed by atoms with van der Waals surface area (Å²) in [5, 5.41) is 11.5. The Morgan fingerprint density at radius 3 is 2.71 bits per heavy atom. The van der Waals surface area contributed by atoms with Crippen molar-refractivity contribution in [1.29, 1.82) is 5.41 Å². The monoisotopic (exact) mass is 296 g/mol. The molecule has 5 heteroatoms. The van der Waals surface area contributed by atoms with Gasteiger partial charge in [-0.2, -0.15) is 0 Å². The van der Waals surface area contributed by atoms with Crippen LogP contribution >= 0.6 is 15.9 Å². The topological polar surface area (TPSA) is 65.1 Å². The normalized spacial score (nSPS) is 16.0. The summed E-state index contributed by atoms with van der Waals surface area (Å²) in [4.78, 5) is 2.06. The number of nitrogens with one attached hydrogen (secondary N) is 2. The van der Waals surface area contributed by atoms with E-state index in [1.807, 2.05) is 19.1 Å². The number of rotatable bonds is 1. The van der Waals surface area contributed by atoms with E-state index in [1.54, 1.807) is 0 Å². The summed E-state index contributed by atoms with van der Waals surface area (Å²) in [7, 11) is 0. The lowest BCUT2D eigenvalue weighted by atomic mass is 10.1. The molecule has 1 fully saturated rings. The van der Waals surface area contributed by atoms with Gasteiger partial charge in [-0.15, -0.1) is 0 Å². The van der Waals surface area contributed by atoms with E-state index in [4.69, 9.17) is 11.1 Å². The molecule has 1 aromatic rings. The predicted molar refractivity (Wildman–Crippen MR) is 74.6 cm³/mol. The Bertz CT molecular complexity index is 438. The molecule has 1 aromatic carbocycles. The van der Waals surface area contributed by atoms with Crippen LogP contribution in [-0.2, 0) is 0 Å². The number of hydrogen-bond acceptors (Lipinski definition) is 3. The van der Waals surface area contributed by atoms with Gasteiger partial charge >= 0.3 is 0 Å². The van der Waals surface area contributed by atoms with E-state index in [1.165, 1.54) is 0 Å². The molecule has 0 unspecified atom stereocenters. The molecule has 0 aromatic heterocycles. The first-order valence-corrected chi connectivity index (χ1v) is 6.49. The summed E-state index contributed by atoms with van der Waals surface area (Å²) in [5.74, 6) is 0.522. The number of hydrogen-bond donors (Lipinski definition) is 3. The molecule has 0 radical (unpaired) electrons. The van der Waals surface area contributed by atoms with Crippen LogP contribution in [-0.4, -0.2) is 36.9 Å². The maximum absolute atomic E-state index is 8.26. The van der Waals surface area contributed by atoms with Crippen molar-refractivity contribution >= 4 is 27.5 Å². The fourth-order valence-corrected chi connectivity index (χ4v) is 2.58. The maximum Gasteiger partial charge on any atom is 0.130 e. The molecule has 92 valence electrons. The SMILES string of the molecule is Cc1cc(Br)cc(C(=N)N2CCNCC2)c1N. The lowest BCUT2D eigenvalue weighted by Gasteiger charge is -2.30. The van der Waals surface area contributed by atoms with Gasteiger partial charge in [0.1, 0.15) is 5.84 Å². The molecule has 0 bridgehead atoms. The average molecular weight is 297 g/mol. The molecule has 1 aliphatic heterocycles. The molecule has 1 aliphatic rings. The van der Waals surface area contributed by atoms with E-state index in [-0.39, 0.29) is 0 Å². The molecule has 1 saturated heterocycles. The van der Waals surface area contributed by atoms with Crippen LogP contribution in [0.3, 0.4) is 0 Å². The molecule has 0 atom stereocenters. The standard InChI is InChI=1S/C12H17BrN4/c1-8-6-9(13)7-10(11(8)14)12(15)17-4-2-16-3-5-17/h6-7,15-16H,2-5,14H2,1H3. The fraction of sp³-hybridized carbons (Fsp3) is 0.417. The second-order valence-corrected chi connectivity index (χ2v) is 5.19. The maximum atomic E-state index is 8.26. The van der Waals surface area contributed by atoms with Crippen LogP contribution in [0.1, 0.15) is 11.1 Å². The molecule has 0 spiro atoms. The molecule has 0 amide bonds. The van der Waals surface area contributed by atoms with Gasteiger partial charge in [0.2, 0.25) is 0 Å². The Kier molecular flexibility index (Phi) is 3.69. The molecule has 2 rings (SSSR count). The first-order chi connectivity index (χ1) is 8.09. The highest BCUT2D eigenvalue weighted by molar-refractivity contribution is 9.10. The summed E-state index contributed by atoms with van der Waals surface area (Å²) >= 11 is 3.46. The first kappa shape index (κ1) is 12.4. The van der Waals surface area contributed by atoms with Crippen molar-refractivity contribution in [3.63, 3.8) is 0 Å². The van der Waals surface area contributed by atoms with E-state index in [0.717, 1.165) is 41.8 Å². The van der Waals surface area contributed by atoms with Gasteiger partial charge in [0.25, 0.3) is 0 Å². The van der Waals surface area contributed by atoms with Crippen molar-refractivity contribution in [2.45, 2.75) is 6.92 Å². The van der Waals surface area contributed by atoms with Crippen molar-refractivity contribution in [3.8, 4) is 0 Å². The molecule has 0 aliphatic carbocycles. The number of amidine groups is 1. The number of aryl methyl sites for hydroxylation is 1. The zero-order chi connectivity index (χ0) is 12.4. The highest BCUT2D eigenvalue weighted by Gasteiger charge is 2.17. The van der Waals surface area contributed by atoms with E-state index >= 15 is 0 Å². The molecule has 4 N–H and O–H groups in total. The molecule has 0 saturated carbocycles. The summed E-state index contributed by atoms with van der Waals surface area (Å²) in [6.45, 7) is 5.55. The summed E-state index contributed by atoms with van der Waals surface area (Å²) in [5.41, 5.74) is 8.59. The van der Waals surface area contributed by atoms with Gasteiger partial charge in [-0.1, -0.05) is 15.9 Å². The summed E-state index contributed by atoms with van der Waals surface area (Å²) < 4.78 is 0.971. The Morgan fingerprint density at radius 1 is 1.41 bits per heavy atom. The van der Waals surface area contributed by atoms with Crippen LogP contribution in [0.15, 0.2) is 16.6 Å². The molecular formula is C12H17BrN4. The van der Waals surface area contributed by atoms with Gasteiger partial charge in [-0.25, -0.2) is 0 Å². The van der Waals surface area contributed by atoms with Gasteiger partial charge < -0.3 is 16.0 Å². The Morgan fingerprint density at radius 2 is 2.06 bits per heavy atom. The Hall–Kier alpha value is -1.07. The number of anilines is 1. The van der Waals surface area contributed by atoms with Crippen LogP contribution < -0.4 is 11.1 Å². The number of piperazine rings is 1. The molecule has 17 heavy (non-hydrogen) atoms. The third-order valence-corrected chi connectivity index (χ3v) is 3.50. The van der Waals surface area contributed by atoms with Crippen LogP contribution in [0.5, 0.6) is 0 Å². The first-order valence-electron chi connectivity index (χ1n) is 5.70. The number of nitrogen functional groups attached to an aromatic ring is 1. The number of nitrogens with two attached hydrogens (primary N) is 1. The van der Waals surface area contributed by atoms with Gasteiger partial charge in [-0.05, 0) is 24.6 Å². The molecule has 1 heterocycles. The Balaban J connectivity index is 2.29. The van der Waals surface area contributed by atoms with Crippen molar-refractivity contribution in [2.24, 2.45) is 0 Å². The van der Waals surface area contributed by atoms with E-state index in [0.29, 0.717) is 11.5 Å². The van der Waals surface area contributed by atoms with Crippen LogP contribution in [0.2, 0.25) is 0 Å². The van der Waals surface area contributed by atoms with Gasteiger partial charge in [0.05, 0.1) is 0 Å². The van der Waals surface area contributed by atoms with E-state index in [2.05, 4.69) is 26.1 Å². The highest BCUT2D eigenvalue weighted by atomic mass is 79.9. The minimum atomic E-state index is 0.522. The van der Waals surface area contributed by atoms with Gasteiger partial charge in [0.15, 0.2) is 0 Å². The minimum absolute atomic E-state index is 0.522. The van der Waals surface area contributed by atoms with Crippen molar-refractivity contribution in [2.75, 3.05) is 31.9 Å². The quantitative estimate of drug-likeness (QED) is 0.419. The summed E-state index contributed by atoms with van der Waals surface area (Å²) in [6, 6.07) is 3.90. The zero-order valence-electron chi connectivity index (χ0n) is 9.89. The van der Waals surface area contributed by atoms with Crippen molar-refractivity contribution in [3.05, 3.63) is 27.7 Å². The number of halogens is 1. The highest BCUT2D eigenvalue weighted by Crippen LogP contribution is 2.24. The van der Waals surface area contributed by atoms with Gasteiger partial charge in [0, 0.05) is 41.9 Å². The second kappa shape index (κ2) is 5.06. The Labute approximate surface area is 110 Å². The van der Waals surface area contributed by atoms with Crippen LogP contribution in [0, 0.1) is 12.3 Å². The van der Waals surface area contributed by atoms with E-state index < -0.39 is 0 Å². The fourth-order valence-electron chi connectivity index (χ4n) is 2.01. The zero-order valence-corrected chi connectivity index (χ0v) is 11.5. The largest absolute Gasteiger partial charge is 0.398 e. The van der Waals surface area contributed by atoms with Gasteiger partial charge in [-0.3, -0.25) is 5.41 Å². The minimum Gasteiger partial charge on any atom is -0.398 e. The number of benzene rings is 1. The third kappa shape index (κ3) is 2.61. The molecular weight excluding hydrogens is 280 g/mol. The summed E-state index contributed by atoms with van der Waals surface area (Å²) in [6.07, 6.45) is 0. The van der Waals surface area contributed by atoms with E-state index in [9.17, 15) is 0 Å². The average Bonchev–Trinajstić information content (AvgIpc) is 2.34. The lowest BCUT2D eigenvalue weighted by Crippen LogP contribution is -2.46. The smallest absolute Gasteiger partial charge is 0.130 e. The van der Waals surface area contributed by atoms with Crippen LogP contribution in [0.25, 0.3) is 0 Å². The molecule has 4 nitrogen and oxygen atoms in total. The second-order valence-electron chi connectivity index (χ2n) is 4.27. The predicted octanol–water partition coefficient (Wildman–Crippen LogP) is 1.57.